The van der Waals surface area contributed by atoms with Crippen molar-refractivity contribution in [2.75, 3.05) is 13.1 Å². The maximum atomic E-state index is 6.08. The first-order valence-electron chi connectivity index (χ1n) is 6.84. The predicted octanol–water partition coefficient (Wildman–Crippen LogP) is 1.80. The van der Waals surface area contributed by atoms with E-state index in [9.17, 15) is 0 Å². The minimum Gasteiger partial charge on any atom is -0.363 e. The highest BCUT2D eigenvalue weighted by atomic mass is 32.1. The van der Waals surface area contributed by atoms with Crippen LogP contribution in [-0.4, -0.2) is 39.2 Å². The first-order chi connectivity index (χ1) is 9.78. The lowest BCUT2D eigenvalue weighted by Crippen LogP contribution is -2.23. The Kier molecular flexibility index (Phi) is 3.05. The maximum absolute atomic E-state index is 6.08. The fourth-order valence-corrected chi connectivity index (χ4v) is 3.76. The molecule has 106 valence electrons. The molecule has 0 saturated carbocycles. The lowest BCUT2D eigenvalue weighted by Gasteiger charge is -2.16. The van der Waals surface area contributed by atoms with E-state index in [0.717, 1.165) is 26.1 Å². The predicted molar refractivity (Wildman–Crippen MR) is 72.1 cm³/mol. The Morgan fingerprint density at radius 3 is 3.10 bits per heavy atom. The summed E-state index contributed by atoms with van der Waals surface area (Å²) in [5, 5.41) is 7.04. The fourth-order valence-electron chi connectivity index (χ4n) is 3.10. The second kappa shape index (κ2) is 4.91. The second-order valence-electron chi connectivity index (χ2n) is 5.46. The van der Waals surface area contributed by atoms with E-state index in [1.54, 1.807) is 11.3 Å². The van der Waals surface area contributed by atoms with Crippen molar-refractivity contribution in [2.45, 2.75) is 32.1 Å². The molecule has 2 aromatic heterocycles. The smallest absolute Gasteiger partial charge is 0.255 e. The first kappa shape index (κ1) is 12.4. The molecule has 7 heteroatoms. The van der Waals surface area contributed by atoms with Crippen LogP contribution in [0.3, 0.4) is 0 Å². The molecule has 0 radical (unpaired) electrons. The molecule has 0 aromatic carbocycles. The van der Waals surface area contributed by atoms with Crippen LogP contribution in [0.15, 0.2) is 16.1 Å². The molecule has 0 unspecified atom stereocenters. The molecule has 0 spiro atoms. The Morgan fingerprint density at radius 2 is 2.40 bits per heavy atom. The van der Waals surface area contributed by atoms with Gasteiger partial charge >= 0.3 is 0 Å². The molecule has 2 aliphatic rings. The number of rotatable bonds is 3. The van der Waals surface area contributed by atoms with Gasteiger partial charge in [-0.25, -0.2) is 4.98 Å². The third-order valence-electron chi connectivity index (χ3n) is 3.97. The van der Waals surface area contributed by atoms with Gasteiger partial charge in [-0.2, -0.15) is 4.98 Å². The van der Waals surface area contributed by atoms with Crippen LogP contribution in [-0.2, 0) is 11.3 Å². The van der Waals surface area contributed by atoms with Gasteiger partial charge in [-0.1, -0.05) is 5.16 Å². The summed E-state index contributed by atoms with van der Waals surface area (Å²) in [6.07, 6.45) is 3.10. The van der Waals surface area contributed by atoms with Crippen molar-refractivity contribution in [3.8, 4) is 0 Å². The van der Waals surface area contributed by atoms with E-state index in [1.165, 1.54) is 5.01 Å². The van der Waals surface area contributed by atoms with Crippen LogP contribution < -0.4 is 0 Å². The molecule has 0 bridgehead atoms. The molecule has 2 aromatic rings. The van der Waals surface area contributed by atoms with Crippen LogP contribution in [0.25, 0.3) is 0 Å². The van der Waals surface area contributed by atoms with Crippen LogP contribution >= 0.6 is 11.3 Å². The maximum Gasteiger partial charge on any atom is 0.255 e. The number of hydrogen-bond acceptors (Lipinski definition) is 7. The number of hydrogen-bond donors (Lipinski definition) is 0. The van der Waals surface area contributed by atoms with Crippen LogP contribution in [0.4, 0.5) is 0 Å². The Hall–Kier alpha value is -1.31. The Bertz CT molecular complexity index is 571. The Balaban J connectivity index is 1.38. The average Bonchev–Trinajstić information content (AvgIpc) is 3.12. The Labute approximate surface area is 120 Å². The standard InChI is InChI=1S/C13H16N4O2S/c1-8-15-13(19-16-8)10-4-9-5-17(6-11(9)18-10)7-12-14-2-3-20-12/h2-3,9-11H,4-7H2,1H3/t9-,10-,11+/m0/s1. The summed E-state index contributed by atoms with van der Waals surface area (Å²) in [5.41, 5.74) is 0. The van der Waals surface area contributed by atoms with Gasteiger partial charge in [0.15, 0.2) is 5.82 Å². The number of aryl methyl sites for hydroxylation is 1. The molecule has 0 N–H and O–H groups in total. The van der Waals surface area contributed by atoms with Gasteiger partial charge in [0.1, 0.15) is 11.1 Å². The van der Waals surface area contributed by atoms with E-state index in [4.69, 9.17) is 9.26 Å². The molecule has 0 aliphatic carbocycles. The molecule has 2 fully saturated rings. The van der Waals surface area contributed by atoms with Gasteiger partial charge < -0.3 is 9.26 Å². The van der Waals surface area contributed by atoms with Crippen molar-refractivity contribution in [2.24, 2.45) is 5.92 Å². The van der Waals surface area contributed by atoms with Gasteiger partial charge in [0.25, 0.3) is 5.89 Å². The van der Waals surface area contributed by atoms with Gasteiger partial charge in [-0.15, -0.1) is 11.3 Å². The SMILES string of the molecule is Cc1noc([C@@H]2C[C@H]3CN(Cc4nccs4)C[C@H]3O2)n1. The number of likely N-dealkylation sites (tertiary alicyclic amines) is 1. The van der Waals surface area contributed by atoms with Crippen molar-refractivity contribution in [3.63, 3.8) is 0 Å². The molecule has 4 heterocycles. The monoisotopic (exact) mass is 292 g/mol. The van der Waals surface area contributed by atoms with E-state index in [-0.39, 0.29) is 12.2 Å². The summed E-state index contributed by atoms with van der Waals surface area (Å²) in [5.74, 6) is 1.86. The van der Waals surface area contributed by atoms with Crippen LogP contribution in [0.5, 0.6) is 0 Å². The molecule has 6 nitrogen and oxygen atoms in total. The largest absolute Gasteiger partial charge is 0.363 e. The molecular weight excluding hydrogens is 276 g/mol. The number of nitrogens with zero attached hydrogens (tertiary/aromatic N) is 4. The summed E-state index contributed by atoms with van der Waals surface area (Å²) < 4.78 is 11.3. The minimum absolute atomic E-state index is 0.0202. The molecule has 20 heavy (non-hydrogen) atoms. The van der Waals surface area contributed by atoms with E-state index in [1.807, 2.05) is 18.5 Å². The average molecular weight is 292 g/mol. The van der Waals surface area contributed by atoms with E-state index in [0.29, 0.717) is 17.6 Å². The van der Waals surface area contributed by atoms with Gasteiger partial charge in [-0.3, -0.25) is 4.90 Å². The number of aromatic nitrogens is 3. The van der Waals surface area contributed by atoms with Gasteiger partial charge in [0.05, 0.1) is 12.6 Å². The summed E-state index contributed by atoms with van der Waals surface area (Å²) in [7, 11) is 0. The van der Waals surface area contributed by atoms with E-state index < -0.39 is 0 Å². The van der Waals surface area contributed by atoms with E-state index >= 15 is 0 Å². The topological polar surface area (TPSA) is 64.3 Å². The summed E-state index contributed by atoms with van der Waals surface area (Å²) in [4.78, 5) is 11.0. The molecular formula is C13H16N4O2S. The number of ether oxygens (including phenoxy) is 1. The summed E-state index contributed by atoms with van der Waals surface area (Å²) >= 11 is 1.71. The van der Waals surface area contributed by atoms with Crippen molar-refractivity contribution in [1.82, 2.24) is 20.0 Å². The highest BCUT2D eigenvalue weighted by molar-refractivity contribution is 7.09. The normalized spacial score (nSPS) is 29.9. The third-order valence-corrected chi connectivity index (χ3v) is 4.74. The van der Waals surface area contributed by atoms with Crippen molar-refractivity contribution in [3.05, 3.63) is 28.3 Å². The molecule has 3 atom stereocenters. The van der Waals surface area contributed by atoms with Crippen LogP contribution in [0.1, 0.15) is 29.2 Å². The minimum atomic E-state index is -0.0202. The van der Waals surface area contributed by atoms with Gasteiger partial charge in [-0.05, 0) is 13.3 Å². The number of fused-ring (bicyclic) bond motifs is 1. The number of thiazole rings is 1. The molecule has 2 aliphatic heterocycles. The zero-order valence-corrected chi connectivity index (χ0v) is 12.0. The lowest BCUT2D eigenvalue weighted by atomic mass is 10.0. The van der Waals surface area contributed by atoms with E-state index in [2.05, 4.69) is 20.0 Å². The summed E-state index contributed by atoms with van der Waals surface area (Å²) in [6, 6.07) is 0. The Morgan fingerprint density at radius 1 is 1.45 bits per heavy atom. The highest BCUT2D eigenvalue weighted by Crippen LogP contribution is 2.40. The van der Waals surface area contributed by atoms with Crippen molar-refractivity contribution in [1.29, 1.82) is 0 Å². The quantitative estimate of drug-likeness (QED) is 0.859. The molecule has 2 saturated heterocycles. The van der Waals surface area contributed by atoms with Crippen LogP contribution in [0, 0.1) is 12.8 Å². The summed E-state index contributed by atoms with van der Waals surface area (Å²) in [6.45, 7) is 4.79. The highest BCUT2D eigenvalue weighted by Gasteiger charge is 2.44. The van der Waals surface area contributed by atoms with Crippen LogP contribution in [0.2, 0.25) is 0 Å². The zero-order chi connectivity index (χ0) is 13.5. The third kappa shape index (κ3) is 2.25. The van der Waals surface area contributed by atoms with Crippen molar-refractivity contribution < 1.29 is 9.26 Å². The first-order valence-corrected chi connectivity index (χ1v) is 7.72. The second-order valence-corrected chi connectivity index (χ2v) is 6.44. The lowest BCUT2D eigenvalue weighted by molar-refractivity contribution is 0.0198. The van der Waals surface area contributed by atoms with Gasteiger partial charge in [0.2, 0.25) is 0 Å². The fraction of sp³-hybridized carbons (Fsp3) is 0.615. The van der Waals surface area contributed by atoms with Crippen molar-refractivity contribution >= 4 is 11.3 Å². The molecule has 0 amide bonds. The zero-order valence-electron chi connectivity index (χ0n) is 11.2. The molecule has 4 rings (SSSR count). The van der Waals surface area contributed by atoms with Gasteiger partial charge in [0, 0.05) is 30.6 Å².